The summed E-state index contributed by atoms with van der Waals surface area (Å²) in [7, 11) is 0. The van der Waals surface area contributed by atoms with E-state index in [0.717, 1.165) is 17.6 Å². The van der Waals surface area contributed by atoms with Gasteiger partial charge in [-0.25, -0.2) is 0 Å². The van der Waals surface area contributed by atoms with Crippen LogP contribution in [0.4, 0.5) is 0 Å². The second-order valence-electron chi connectivity index (χ2n) is 4.84. The minimum Gasteiger partial charge on any atom is -0.309 e. The van der Waals surface area contributed by atoms with Crippen molar-refractivity contribution < 1.29 is 4.79 Å². The van der Waals surface area contributed by atoms with Gasteiger partial charge < -0.3 is 4.40 Å². The van der Waals surface area contributed by atoms with E-state index in [1.165, 1.54) is 0 Å². The third kappa shape index (κ3) is 2.11. The van der Waals surface area contributed by atoms with Gasteiger partial charge in [0, 0.05) is 11.3 Å². The molecule has 102 valence electrons. The highest BCUT2D eigenvalue weighted by atomic mass is 16.1. The number of aromatic nitrogens is 1. The molecule has 0 bridgehead atoms. The molecule has 1 aromatic carbocycles. The number of carbonyl (C=O) groups is 1. The molecule has 0 N–H and O–H groups in total. The van der Waals surface area contributed by atoms with Crippen molar-refractivity contribution in [2.45, 2.75) is 13.3 Å². The smallest absolute Gasteiger partial charge is 0.209 e. The minimum absolute atomic E-state index is 0.0620. The largest absolute Gasteiger partial charge is 0.309 e. The highest BCUT2D eigenvalue weighted by molar-refractivity contribution is 6.09. The van der Waals surface area contributed by atoms with Crippen LogP contribution in [0.3, 0.4) is 0 Å². The maximum atomic E-state index is 12.7. The van der Waals surface area contributed by atoms with Crippen LogP contribution in [0, 0.1) is 11.3 Å². The summed E-state index contributed by atoms with van der Waals surface area (Å²) in [5.74, 6) is -0.0620. The van der Waals surface area contributed by atoms with Crippen LogP contribution in [0.25, 0.3) is 5.52 Å². The number of nitriles is 1. The van der Waals surface area contributed by atoms with Crippen molar-refractivity contribution in [3.05, 3.63) is 77.1 Å². The first kappa shape index (κ1) is 13.1. The molecule has 2 aromatic heterocycles. The van der Waals surface area contributed by atoms with Crippen LogP contribution in [-0.2, 0) is 6.42 Å². The van der Waals surface area contributed by atoms with Crippen molar-refractivity contribution >= 4 is 11.3 Å². The zero-order valence-electron chi connectivity index (χ0n) is 11.7. The van der Waals surface area contributed by atoms with Crippen molar-refractivity contribution in [2.24, 2.45) is 0 Å². The number of ketones is 1. The fourth-order valence-electron chi connectivity index (χ4n) is 2.59. The van der Waals surface area contributed by atoms with E-state index in [9.17, 15) is 10.1 Å². The molecule has 0 aliphatic heterocycles. The molecule has 0 radical (unpaired) electrons. The Balaban J connectivity index is 2.28. The molecule has 3 aromatic rings. The lowest BCUT2D eigenvalue weighted by Crippen LogP contribution is -2.07. The van der Waals surface area contributed by atoms with Crippen LogP contribution < -0.4 is 0 Å². The first-order valence-corrected chi connectivity index (χ1v) is 6.89. The number of nitrogens with zero attached hydrogens (tertiary/aromatic N) is 2. The molecular weight excluding hydrogens is 260 g/mol. The van der Waals surface area contributed by atoms with Crippen molar-refractivity contribution in [3.8, 4) is 6.07 Å². The fourth-order valence-corrected chi connectivity index (χ4v) is 2.59. The van der Waals surface area contributed by atoms with E-state index in [0.29, 0.717) is 16.8 Å². The van der Waals surface area contributed by atoms with Gasteiger partial charge in [0.15, 0.2) is 0 Å². The first-order valence-electron chi connectivity index (χ1n) is 6.89. The van der Waals surface area contributed by atoms with E-state index >= 15 is 0 Å². The molecule has 0 aliphatic carbocycles. The summed E-state index contributed by atoms with van der Waals surface area (Å²) in [6.07, 6.45) is 0.798. The molecule has 3 rings (SSSR count). The Hall–Kier alpha value is -2.86. The van der Waals surface area contributed by atoms with Gasteiger partial charge in [0.2, 0.25) is 5.78 Å². The van der Waals surface area contributed by atoms with Crippen molar-refractivity contribution in [1.82, 2.24) is 4.40 Å². The molecule has 3 nitrogen and oxygen atoms in total. The van der Waals surface area contributed by atoms with E-state index in [4.69, 9.17) is 0 Å². The Morgan fingerprint density at radius 2 is 1.90 bits per heavy atom. The highest BCUT2D eigenvalue weighted by Gasteiger charge is 2.18. The molecule has 0 saturated heterocycles. The zero-order chi connectivity index (χ0) is 14.8. The number of rotatable bonds is 3. The van der Waals surface area contributed by atoms with Crippen molar-refractivity contribution in [1.29, 1.82) is 5.26 Å². The van der Waals surface area contributed by atoms with Gasteiger partial charge in [-0.3, -0.25) is 4.79 Å². The Bertz CT molecular complexity index is 854. The Labute approximate surface area is 123 Å². The minimum atomic E-state index is -0.0620. The zero-order valence-corrected chi connectivity index (χ0v) is 11.7. The van der Waals surface area contributed by atoms with Crippen LogP contribution in [0.2, 0.25) is 0 Å². The van der Waals surface area contributed by atoms with Gasteiger partial charge in [0.05, 0.1) is 16.8 Å². The van der Waals surface area contributed by atoms with E-state index in [1.807, 2.05) is 47.7 Å². The molecule has 0 saturated carbocycles. The molecule has 2 heterocycles. The molecule has 0 spiro atoms. The predicted molar refractivity (Wildman–Crippen MR) is 81.4 cm³/mol. The van der Waals surface area contributed by atoms with Crippen LogP contribution in [0.5, 0.6) is 0 Å². The second kappa shape index (κ2) is 5.26. The molecule has 0 unspecified atom stereocenters. The Morgan fingerprint density at radius 1 is 1.14 bits per heavy atom. The lowest BCUT2D eigenvalue weighted by atomic mass is 10.1. The van der Waals surface area contributed by atoms with Gasteiger partial charge in [0.25, 0.3) is 0 Å². The van der Waals surface area contributed by atoms with E-state index < -0.39 is 0 Å². The van der Waals surface area contributed by atoms with Crippen LogP contribution >= 0.6 is 0 Å². The molecule has 3 heteroatoms. The third-order valence-corrected chi connectivity index (χ3v) is 3.62. The topological polar surface area (TPSA) is 45.3 Å². The normalized spacial score (nSPS) is 10.5. The maximum absolute atomic E-state index is 12.7. The number of fused-ring (bicyclic) bond motifs is 1. The Morgan fingerprint density at radius 3 is 2.57 bits per heavy atom. The maximum Gasteiger partial charge on any atom is 0.209 e. The molecular formula is C18H14N2O. The number of carbonyl (C=O) groups excluding carboxylic acids is 1. The number of aryl methyl sites for hydroxylation is 1. The monoisotopic (exact) mass is 274 g/mol. The average Bonchev–Trinajstić information content (AvgIpc) is 2.93. The van der Waals surface area contributed by atoms with Crippen molar-refractivity contribution in [3.63, 3.8) is 0 Å². The summed E-state index contributed by atoms with van der Waals surface area (Å²) in [5, 5.41) is 9.29. The molecule has 21 heavy (non-hydrogen) atoms. The van der Waals surface area contributed by atoms with E-state index in [2.05, 4.69) is 6.07 Å². The molecule has 0 atom stereocenters. The van der Waals surface area contributed by atoms with Gasteiger partial charge >= 0.3 is 0 Å². The summed E-state index contributed by atoms with van der Waals surface area (Å²) in [6.45, 7) is 2.04. The summed E-state index contributed by atoms with van der Waals surface area (Å²) < 4.78 is 1.90. The van der Waals surface area contributed by atoms with Gasteiger partial charge in [-0.1, -0.05) is 43.3 Å². The van der Waals surface area contributed by atoms with E-state index in [1.54, 1.807) is 18.2 Å². The summed E-state index contributed by atoms with van der Waals surface area (Å²) >= 11 is 0. The molecule has 0 amide bonds. The summed E-state index contributed by atoms with van der Waals surface area (Å²) in [6, 6.07) is 18.8. The number of pyridine rings is 1. The highest BCUT2D eigenvalue weighted by Crippen LogP contribution is 2.21. The van der Waals surface area contributed by atoms with E-state index in [-0.39, 0.29) is 5.78 Å². The molecule has 0 aliphatic rings. The first-order chi connectivity index (χ1) is 10.3. The predicted octanol–water partition coefficient (Wildman–Crippen LogP) is 3.60. The second-order valence-corrected chi connectivity index (χ2v) is 4.84. The standard InChI is InChI=1S/C18H14N2O/c1-2-15-9-6-10-16-14(12-19)11-17(20(15)16)18(21)13-7-4-3-5-8-13/h3-11H,2H2,1H3. The van der Waals surface area contributed by atoms with Crippen molar-refractivity contribution in [2.75, 3.05) is 0 Å². The third-order valence-electron chi connectivity index (χ3n) is 3.62. The average molecular weight is 274 g/mol. The lowest BCUT2D eigenvalue weighted by Gasteiger charge is -2.07. The van der Waals surface area contributed by atoms with Crippen LogP contribution in [0.15, 0.2) is 54.6 Å². The van der Waals surface area contributed by atoms with Gasteiger partial charge in [0.1, 0.15) is 6.07 Å². The fraction of sp³-hybridized carbons (Fsp3) is 0.111. The lowest BCUT2D eigenvalue weighted by molar-refractivity contribution is 0.103. The summed E-state index contributed by atoms with van der Waals surface area (Å²) in [4.78, 5) is 12.7. The van der Waals surface area contributed by atoms with Crippen LogP contribution in [0.1, 0.15) is 34.2 Å². The Kier molecular flexibility index (Phi) is 3.29. The van der Waals surface area contributed by atoms with Gasteiger partial charge in [-0.15, -0.1) is 0 Å². The number of benzene rings is 1. The number of hydrogen-bond acceptors (Lipinski definition) is 2. The van der Waals surface area contributed by atoms with Crippen LogP contribution in [-0.4, -0.2) is 10.2 Å². The quantitative estimate of drug-likeness (QED) is 0.685. The SMILES string of the molecule is CCc1cccc2c(C#N)cc(C(=O)c3ccccc3)n12. The van der Waals surface area contributed by atoms with Gasteiger partial charge in [-0.2, -0.15) is 5.26 Å². The van der Waals surface area contributed by atoms with Gasteiger partial charge in [-0.05, 0) is 24.6 Å². The molecule has 0 fully saturated rings. The number of hydrogen-bond donors (Lipinski definition) is 0. The summed E-state index contributed by atoms with van der Waals surface area (Å²) in [5.41, 5.74) is 3.52.